The maximum atomic E-state index is 4.58. The van der Waals surface area contributed by atoms with Crippen molar-refractivity contribution in [2.75, 3.05) is 0 Å². The van der Waals surface area contributed by atoms with Crippen molar-refractivity contribution in [3.8, 4) is 0 Å². The van der Waals surface area contributed by atoms with Crippen molar-refractivity contribution in [2.45, 2.75) is 25.6 Å². The predicted molar refractivity (Wildman–Crippen MR) is 61.9 cm³/mol. The Balaban J connectivity index is 2.75. The van der Waals surface area contributed by atoms with E-state index < -0.39 is 0 Å². The molecule has 0 unspecified atom stereocenters. The van der Waals surface area contributed by atoms with Crippen molar-refractivity contribution < 1.29 is 0 Å². The molecular weight excluding hydrogens is 240 g/mol. The van der Waals surface area contributed by atoms with Gasteiger partial charge in [-0.1, -0.05) is 22.9 Å². The number of alkyl halides is 1. The summed E-state index contributed by atoms with van der Waals surface area (Å²) in [5, 5.41) is 0.819. The molecule has 0 saturated carbocycles. The first-order valence-electron chi connectivity index (χ1n) is 4.78. The van der Waals surface area contributed by atoms with Crippen LogP contribution in [-0.2, 0) is 11.8 Å². The van der Waals surface area contributed by atoms with E-state index in [2.05, 4.69) is 57.5 Å². The second-order valence-corrected chi connectivity index (χ2v) is 3.98. The fourth-order valence-corrected chi connectivity index (χ4v) is 2.08. The van der Waals surface area contributed by atoms with Crippen molar-refractivity contribution >= 4 is 21.4 Å². The molecule has 0 aliphatic heterocycles. The van der Waals surface area contributed by atoms with Crippen LogP contribution >= 0.6 is 15.9 Å². The Hall–Kier alpha value is -0.830. The number of pyridine rings is 1. The van der Waals surface area contributed by atoms with E-state index in [-0.39, 0.29) is 0 Å². The van der Waals surface area contributed by atoms with E-state index in [1.165, 1.54) is 11.1 Å². The number of aryl methyl sites for hydroxylation is 2. The van der Waals surface area contributed by atoms with E-state index >= 15 is 0 Å². The van der Waals surface area contributed by atoms with Crippen LogP contribution in [0.1, 0.15) is 24.0 Å². The zero-order valence-corrected chi connectivity index (χ0v) is 10.0. The molecule has 0 aromatic carbocycles. The Morgan fingerprint density at radius 2 is 2.29 bits per heavy atom. The second-order valence-electron chi connectivity index (χ2n) is 3.42. The standard InChI is InChI=1S/C11H13BrN2/c1-3-11-13-9(7-12)10-6-8(2)4-5-14(10)11/h4-6H,3,7H2,1-2H3. The van der Waals surface area contributed by atoms with Crippen molar-refractivity contribution in [1.29, 1.82) is 0 Å². The number of fused-ring (bicyclic) bond motifs is 1. The Bertz CT molecular complexity index is 460. The molecule has 0 amide bonds. The first-order valence-corrected chi connectivity index (χ1v) is 5.90. The topological polar surface area (TPSA) is 17.3 Å². The van der Waals surface area contributed by atoms with Gasteiger partial charge in [0.15, 0.2) is 0 Å². The summed E-state index contributed by atoms with van der Waals surface area (Å²) in [6, 6.07) is 4.30. The van der Waals surface area contributed by atoms with Gasteiger partial charge in [0.1, 0.15) is 5.82 Å². The molecule has 3 heteroatoms. The summed E-state index contributed by atoms with van der Waals surface area (Å²) in [6.45, 7) is 4.24. The van der Waals surface area contributed by atoms with Crippen LogP contribution in [-0.4, -0.2) is 9.38 Å². The van der Waals surface area contributed by atoms with Crippen LogP contribution < -0.4 is 0 Å². The molecule has 0 spiro atoms. The van der Waals surface area contributed by atoms with Crippen LogP contribution in [0.3, 0.4) is 0 Å². The highest BCUT2D eigenvalue weighted by molar-refractivity contribution is 9.08. The maximum absolute atomic E-state index is 4.58. The second kappa shape index (κ2) is 3.73. The van der Waals surface area contributed by atoms with Gasteiger partial charge >= 0.3 is 0 Å². The smallest absolute Gasteiger partial charge is 0.113 e. The Morgan fingerprint density at radius 3 is 2.93 bits per heavy atom. The van der Waals surface area contributed by atoms with Gasteiger partial charge in [-0.2, -0.15) is 0 Å². The third-order valence-electron chi connectivity index (χ3n) is 2.39. The summed E-state index contributed by atoms with van der Waals surface area (Å²) in [5.41, 5.74) is 3.63. The average molecular weight is 253 g/mol. The third kappa shape index (κ3) is 1.46. The number of imidazole rings is 1. The Kier molecular flexibility index (Phi) is 2.59. The highest BCUT2D eigenvalue weighted by atomic mass is 79.9. The molecular formula is C11H13BrN2. The zero-order valence-electron chi connectivity index (χ0n) is 8.42. The van der Waals surface area contributed by atoms with Crippen LogP contribution in [0.5, 0.6) is 0 Å². The number of rotatable bonds is 2. The van der Waals surface area contributed by atoms with Gasteiger partial charge in [-0.05, 0) is 24.6 Å². The van der Waals surface area contributed by atoms with E-state index in [4.69, 9.17) is 0 Å². The molecule has 2 rings (SSSR count). The molecule has 2 nitrogen and oxygen atoms in total. The maximum Gasteiger partial charge on any atom is 0.113 e. The molecule has 2 heterocycles. The van der Waals surface area contributed by atoms with Gasteiger partial charge in [-0.3, -0.25) is 0 Å². The van der Waals surface area contributed by atoms with Crippen molar-refractivity contribution in [3.05, 3.63) is 35.4 Å². The molecule has 0 N–H and O–H groups in total. The van der Waals surface area contributed by atoms with Crippen LogP contribution in [0.15, 0.2) is 18.3 Å². The fraction of sp³-hybridized carbons (Fsp3) is 0.364. The largest absolute Gasteiger partial charge is 0.303 e. The lowest BCUT2D eigenvalue weighted by atomic mass is 10.2. The van der Waals surface area contributed by atoms with E-state index in [1.54, 1.807) is 0 Å². The molecule has 74 valence electrons. The molecule has 0 bridgehead atoms. The van der Waals surface area contributed by atoms with Gasteiger partial charge in [-0.15, -0.1) is 0 Å². The third-order valence-corrected chi connectivity index (χ3v) is 2.92. The van der Waals surface area contributed by atoms with E-state index in [9.17, 15) is 0 Å². The van der Waals surface area contributed by atoms with Crippen LogP contribution in [0.25, 0.3) is 5.52 Å². The molecule has 0 saturated heterocycles. The molecule has 2 aromatic heterocycles. The Morgan fingerprint density at radius 1 is 1.50 bits per heavy atom. The lowest BCUT2D eigenvalue weighted by Gasteiger charge is -1.99. The van der Waals surface area contributed by atoms with Gasteiger partial charge in [0.25, 0.3) is 0 Å². The first-order chi connectivity index (χ1) is 6.76. The summed E-state index contributed by atoms with van der Waals surface area (Å²) >= 11 is 3.47. The van der Waals surface area contributed by atoms with Gasteiger partial charge < -0.3 is 4.40 Å². The van der Waals surface area contributed by atoms with Crippen LogP contribution in [0, 0.1) is 6.92 Å². The average Bonchev–Trinajstić information content (AvgIpc) is 2.55. The quantitative estimate of drug-likeness (QED) is 0.752. The SMILES string of the molecule is CCc1nc(CBr)c2cc(C)ccn12. The summed E-state index contributed by atoms with van der Waals surface area (Å²) in [6.07, 6.45) is 3.07. The molecule has 0 aliphatic carbocycles. The summed E-state index contributed by atoms with van der Waals surface area (Å²) in [7, 11) is 0. The first kappa shape index (κ1) is 9.71. The number of hydrogen-bond acceptors (Lipinski definition) is 1. The number of aromatic nitrogens is 2. The molecule has 0 fully saturated rings. The van der Waals surface area contributed by atoms with Crippen LogP contribution in [0.4, 0.5) is 0 Å². The van der Waals surface area contributed by atoms with Gasteiger partial charge in [-0.25, -0.2) is 4.98 Å². The van der Waals surface area contributed by atoms with Crippen molar-refractivity contribution in [1.82, 2.24) is 9.38 Å². The van der Waals surface area contributed by atoms with Crippen molar-refractivity contribution in [2.24, 2.45) is 0 Å². The number of nitrogens with zero attached hydrogens (tertiary/aromatic N) is 2. The minimum Gasteiger partial charge on any atom is -0.303 e. The summed E-state index contributed by atoms with van der Waals surface area (Å²) in [5.74, 6) is 1.13. The van der Waals surface area contributed by atoms with Gasteiger partial charge in [0.05, 0.1) is 11.2 Å². The molecule has 0 aliphatic rings. The molecule has 2 aromatic rings. The minimum absolute atomic E-state index is 0.819. The monoisotopic (exact) mass is 252 g/mol. The van der Waals surface area contributed by atoms with Crippen molar-refractivity contribution in [3.63, 3.8) is 0 Å². The lowest BCUT2D eigenvalue weighted by molar-refractivity contribution is 0.927. The van der Waals surface area contributed by atoms with E-state index in [0.29, 0.717) is 0 Å². The van der Waals surface area contributed by atoms with Gasteiger partial charge in [0, 0.05) is 17.9 Å². The number of hydrogen-bond donors (Lipinski definition) is 0. The van der Waals surface area contributed by atoms with E-state index in [1.807, 2.05) is 0 Å². The lowest BCUT2D eigenvalue weighted by Crippen LogP contribution is -1.91. The Labute approximate surface area is 92.1 Å². The van der Waals surface area contributed by atoms with Crippen LogP contribution in [0.2, 0.25) is 0 Å². The predicted octanol–water partition coefficient (Wildman–Crippen LogP) is 3.10. The normalized spacial score (nSPS) is 11.1. The highest BCUT2D eigenvalue weighted by Crippen LogP contribution is 2.17. The summed E-state index contributed by atoms with van der Waals surface area (Å²) in [4.78, 5) is 4.58. The number of halogens is 1. The molecule has 0 atom stereocenters. The minimum atomic E-state index is 0.819. The highest BCUT2D eigenvalue weighted by Gasteiger charge is 2.07. The molecule has 0 radical (unpaired) electrons. The van der Waals surface area contributed by atoms with Gasteiger partial charge in [0.2, 0.25) is 0 Å². The van der Waals surface area contributed by atoms with E-state index in [0.717, 1.165) is 23.3 Å². The summed E-state index contributed by atoms with van der Waals surface area (Å²) < 4.78 is 2.17. The fourth-order valence-electron chi connectivity index (χ4n) is 1.67. The zero-order chi connectivity index (χ0) is 10.1. The molecule has 14 heavy (non-hydrogen) atoms.